The lowest BCUT2D eigenvalue weighted by molar-refractivity contribution is 0.297. The van der Waals surface area contributed by atoms with E-state index in [9.17, 15) is 0 Å². The Hall–Kier alpha value is -3.00. The Labute approximate surface area is 115 Å². The van der Waals surface area contributed by atoms with Crippen LogP contribution in [0.5, 0.6) is 5.75 Å². The molecule has 20 heavy (non-hydrogen) atoms. The van der Waals surface area contributed by atoms with Gasteiger partial charge in [-0.25, -0.2) is 4.98 Å². The summed E-state index contributed by atoms with van der Waals surface area (Å²) in [4.78, 5) is 7.57. The number of nitrogens with one attached hydrogen (secondary N) is 1. The molecule has 0 amide bonds. The van der Waals surface area contributed by atoms with E-state index in [1.165, 1.54) is 0 Å². The Bertz CT molecular complexity index is 784. The smallest absolute Gasteiger partial charge is 0.146 e. The number of hydrogen-bond acceptors (Lipinski definition) is 4. The van der Waals surface area contributed by atoms with E-state index in [0.717, 1.165) is 16.9 Å². The molecule has 0 radical (unpaired) electrons. The number of nitrogen functional groups attached to an aromatic ring is 1. The topological polar surface area (TPSA) is 87.7 Å². The van der Waals surface area contributed by atoms with Crippen molar-refractivity contribution in [2.75, 3.05) is 5.73 Å². The molecular formula is C15H12N4O. The molecule has 0 saturated heterocycles. The summed E-state index contributed by atoms with van der Waals surface area (Å²) in [5.41, 5.74) is 8.77. The van der Waals surface area contributed by atoms with Crippen LogP contribution in [-0.2, 0) is 6.61 Å². The van der Waals surface area contributed by atoms with Gasteiger partial charge in [-0.05, 0) is 42.5 Å². The third kappa shape index (κ3) is 2.40. The molecule has 3 aromatic rings. The number of benzene rings is 2. The summed E-state index contributed by atoms with van der Waals surface area (Å²) < 4.78 is 5.62. The highest BCUT2D eigenvalue weighted by atomic mass is 16.5. The fourth-order valence-electron chi connectivity index (χ4n) is 1.93. The van der Waals surface area contributed by atoms with Gasteiger partial charge in [-0.15, -0.1) is 0 Å². The molecule has 0 fully saturated rings. The summed E-state index contributed by atoms with van der Waals surface area (Å²) >= 11 is 0. The van der Waals surface area contributed by atoms with Gasteiger partial charge in [0.25, 0.3) is 0 Å². The van der Waals surface area contributed by atoms with Crippen LogP contribution in [0.3, 0.4) is 0 Å². The number of aromatic nitrogens is 2. The molecule has 1 aromatic heterocycles. The summed E-state index contributed by atoms with van der Waals surface area (Å²) in [7, 11) is 0. The second kappa shape index (κ2) is 4.94. The third-order valence-corrected chi connectivity index (χ3v) is 2.91. The first kappa shape index (κ1) is 12.1. The number of hydrogen-bond donors (Lipinski definition) is 2. The van der Waals surface area contributed by atoms with Crippen LogP contribution in [0.2, 0.25) is 0 Å². The summed E-state index contributed by atoms with van der Waals surface area (Å²) in [6.07, 6.45) is 0. The van der Waals surface area contributed by atoms with Crippen molar-refractivity contribution in [2.45, 2.75) is 6.61 Å². The zero-order valence-corrected chi connectivity index (χ0v) is 10.6. The van der Waals surface area contributed by atoms with Crippen molar-refractivity contribution >= 4 is 16.7 Å². The molecule has 0 aliphatic heterocycles. The van der Waals surface area contributed by atoms with Crippen LogP contribution in [0.1, 0.15) is 11.4 Å². The van der Waals surface area contributed by atoms with E-state index in [0.29, 0.717) is 23.6 Å². The number of imidazole rings is 1. The van der Waals surface area contributed by atoms with Crippen LogP contribution < -0.4 is 10.5 Å². The van der Waals surface area contributed by atoms with Crippen molar-refractivity contribution in [1.82, 2.24) is 9.97 Å². The SMILES string of the molecule is N#Cc1ccc(OCc2nc3ccc(N)cc3[nH]2)cc1. The van der Waals surface area contributed by atoms with Crippen LogP contribution in [0.15, 0.2) is 42.5 Å². The molecule has 0 unspecified atom stereocenters. The number of ether oxygens (including phenoxy) is 1. The van der Waals surface area contributed by atoms with E-state index in [4.69, 9.17) is 15.7 Å². The second-order valence-electron chi connectivity index (χ2n) is 4.38. The lowest BCUT2D eigenvalue weighted by atomic mass is 10.2. The van der Waals surface area contributed by atoms with Gasteiger partial charge >= 0.3 is 0 Å². The maximum absolute atomic E-state index is 8.72. The number of nitrogens with zero attached hydrogens (tertiary/aromatic N) is 2. The third-order valence-electron chi connectivity index (χ3n) is 2.91. The molecule has 5 heteroatoms. The molecule has 3 rings (SSSR count). The van der Waals surface area contributed by atoms with Gasteiger partial charge < -0.3 is 15.5 Å². The molecule has 5 nitrogen and oxygen atoms in total. The number of fused-ring (bicyclic) bond motifs is 1. The summed E-state index contributed by atoms with van der Waals surface area (Å²) in [5, 5.41) is 8.72. The molecule has 3 N–H and O–H groups in total. The van der Waals surface area contributed by atoms with Gasteiger partial charge in [0.05, 0.1) is 22.7 Å². The molecule has 0 bridgehead atoms. The van der Waals surface area contributed by atoms with E-state index in [1.807, 2.05) is 18.2 Å². The minimum Gasteiger partial charge on any atom is -0.486 e. The van der Waals surface area contributed by atoms with Gasteiger partial charge in [0.1, 0.15) is 18.2 Å². The average Bonchev–Trinajstić information content (AvgIpc) is 2.87. The first-order chi connectivity index (χ1) is 9.74. The molecule has 0 aliphatic rings. The van der Waals surface area contributed by atoms with Crippen molar-refractivity contribution in [3.8, 4) is 11.8 Å². The minimum absolute atomic E-state index is 0.334. The van der Waals surface area contributed by atoms with E-state index < -0.39 is 0 Å². The lowest BCUT2D eigenvalue weighted by Crippen LogP contribution is -1.97. The molecular weight excluding hydrogens is 252 g/mol. The molecule has 2 aromatic carbocycles. The predicted molar refractivity (Wildman–Crippen MR) is 76.0 cm³/mol. The quantitative estimate of drug-likeness (QED) is 0.712. The van der Waals surface area contributed by atoms with Gasteiger partial charge in [0.2, 0.25) is 0 Å². The van der Waals surface area contributed by atoms with Gasteiger partial charge in [0.15, 0.2) is 0 Å². The Balaban J connectivity index is 1.74. The van der Waals surface area contributed by atoms with E-state index in [2.05, 4.69) is 16.0 Å². The molecule has 98 valence electrons. The van der Waals surface area contributed by atoms with Crippen LogP contribution >= 0.6 is 0 Å². The van der Waals surface area contributed by atoms with Gasteiger partial charge in [-0.1, -0.05) is 0 Å². The number of nitrogens with two attached hydrogens (primary N) is 1. The number of anilines is 1. The minimum atomic E-state index is 0.334. The highest BCUT2D eigenvalue weighted by molar-refractivity contribution is 5.78. The van der Waals surface area contributed by atoms with Crippen molar-refractivity contribution in [2.24, 2.45) is 0 Å². The fraction of sp³-hybridized carbons (Fsp3) is 0.0667. The number of aromatic amines is 1. The lowest BCUT2D eigenvalue weighted by Gasteiger charge is -2.03. The molecule has 0 saturated carbocycles. The molecule has 0 aliphatic carbocycles. The highest BCUT2D eigenvalue weighted by Gasteiger charge is 2.04. The largest absolute Gasteiger partial charge is 0.486 e. The summed E-state index contributed by atoms with van der Waals surface area (Å²) in [6.45, 7) is 0.334. The average molecular weight is 264 g/mol. The van der Waals surface area contributed by atoms with E-state index in [-0.39, 0.29) is 0 Å². The molecule has 1 heterocycles. The van der Waals surface area contributed by atoms with Crippen molar-refractivity contribution in [3.05, 3.63) is 53.9 Å². The number of H-pyrrole nitrogens is 1. The normalized spacial score (nSPS) is 10.3. The maximum atomic E-state index is 8.72. The van der Waals surface area contributed by atoms with Crippen LogP contribution in [-0.4, -0.2) is 9.97 Å². The van der Waals surface area contributed by atoms with Gasteiger partial charge in [-0.2, -0.15) is 5.26 Å². The van der Waals surface area contributed by atoms with Crippen LogP contribution in [0.4, 0.5) is 5.69 Å². The maximum Gasteiger partial charge on any atom is 0.146 e. The Morgan fingerprint density at radius 2 is 2.00 bits per heavy atom. The molecule has 0 spiro atoms. The fourth-order valence-corrected chi connectivity index (χ4v) is 1.93. The Kier molecular flexibility index (Phi) is 2.98. The summed E-state index contributed by atoms with van der Waals surface area (Å²) in [5.74, 6) is 1.43. The van der Waals surface area contributed by atoms with E-state index in [1.54, 1.807) is 24.3 Å². The predicted octanol–water partition coefficient (Wildman–Crippen LogP) is 2.60. The monoisotopic (exact) mass is 264 g/mol. The van der Waals surface area contributed by atoms with Gasteiger partial charge in [0, 0.05) is 5.69 Å². The van der Waals surface area contributed by atoms with Crippen LogP contribution in [0, 0.1) is 11.3 Å². The number of nitriles is 1. The Morgan fingerprint density at radius 1 is 1.20 bits per heavy atom. The number of rotatable bonds is 3. The zero-order chi connectivity index (χ0) is 13.9. The highest BCUT2D eigenvalue weighted by Crippen LogP contribution is 2.17. The van der Waals surface area contributed by atoms with Crippen molar-refractivity contribution < 1.29 is 4.74 Å². The first-order valence-electron chi connectivity index (χ1n) is 6.12. The van der Waals surface area contributed by atoms with Crippen molar-refractivity contribution in [1.29, 1.82) is 5.26 Å². The van der Waals surface area contributed by atoms with Crippen LogP contribution in [0.25, 0.3) is 11.0 Å². The zero-order valence-electron chi connectivity index (χ0n) is 10.6. The van der Waals surface area contributed by atoms with Gasteiger partial charge in [-0.3, -0.25) is 0 Å². The standard InChI is InChI=1S/C15H12N4O/c16-8-10-1-4-12(5-2-10)20-9-15-18-13-6-3-11(17)7-14(13)19-15/h1-7H,9,17H2,(H,18,19). The Morgan fingerprint density at radius 3 is 2.75 bits per heavy atom. The molecule has 0 atom stereocenters. The van der Waals surface area contributed by atoms with E-state index >= 15 is 0 Å². The summed E-state index contributed by atoms with van der Waals surface area (Å²) in [6, 6.07) is 14.5. The second-order valence-corrected chi connectivity index (χ2v) is 4.38. The van der Waals surface area contributed by atoms with Crippen molar-refractivity contribution in [3.63, 3.8) is 0 Å². The first-order valence-corrected chi connectivity index (χ1v) is 6.12.